The van der Waals surface area contributed by atoms with Crippen LogP contribution in [0, 0.1) is 5.41 Å². The normalized spacial score (nSPS) is 17.1. The van der Waals surface area contributed by atoms with Gasteiger partial charge in [-0.05, 0) is 31.5 Å². The minimum atomic E-state index is 0.155. The molecule has 4 nitrogen and oxygen atoms in total. The summed E-state index contributed by atoms with van der Waals surface area (Å²) in [5.74, 6) is 0.155. The number of rotatable bonds is 5. The van der Waals surface area contributed by atoms with E-state index in [1.165, 1.54) is 0 Å². The molecule has 0 aromatic carbocycles. The Morgan fingerprint density at radius 3 is 2.88 bits per heavy atom. The Bertz CT molecular complexity index is 354. The Hall–Kier alpha value is -1.29. The van der Waals surface area contributed by atoms with E-state index in [1.54, 1.807) is 4.90 Å². The number of carbonyl (C=O) groups is 1. The molecular formula is C12H19N3O. The van der Waals surface area contributed by atoms with E-state index in [9.17, 15) is 4.79 Å². The zero-order valence-corrected chi connectivity index (χ0v) is 9.70. The average Bonchev–Trinajstić information content (AvgIpc) is 2.85. The van der Waals surface area contributed by atoms with Crippen LogP contribution in [-0.4, -0.2) is 35.9 Å². The van der Waals surface area contributed by atoms with E-state index in [1.807, 2.05) is 25.4 Å². The lowest BCUT2D eigenvalue weighted by molar-refractivity contribution is -0.129. The molecule has 1 fully saturated rings. The zero-order chi connectivity index (χ0) is 11.6. The lowest BCUT2D eigenvalue weighted by atomic mass is 10.1. The molecule has 88 valence electrons. The van der Waals surface area contributed by atoms with Gasteiger partial charge in [0.25, 0.3) is 0 Å². The molecule has 1 aromatic heterocycles. The summed E-state index contributed by atoms with van der Waals surface area (Å²) in [6, 6.07) is 3.84. The molecule has 0 unspecified atom stereocenters. The molecule has 1 amide bonds. The van der Waals surface area contributed by atoms with E-state index in [0.29, 0.717) is 13.0 Å². The van der Waals surface area contributed by atoms with Crippen LogP contribution in [0.15, 0.2) is 18.3 Å². The standard InChI is InChI=1S/C12H19N3O/c1-15(9-12(8-13)4-5-12)11(16)7-10-3-2-6-14-10/h2-3,6,14H,4-5,7-9,13H2,1H3. The Labute approximate surface area is 95.8 Å². The van der Waals surface area contributed by atoms with Gasteiger partial charge in [0.05, 0.1) is 6.42 Å². The predicted molar refractivity (Wildman–Crippen MR) is 62.9 cm³/mol. The van der Waals surface area contributed by atoms with Gasteiger partial charge in [-0.2, -0.15) is 0 Å². The summed E-state index contributed by atoms with van der Waals surface area (Å²) in [6.45, 7) is 1.48. The minimum Gasteiger partial charge on any atom is -0.365 e. The van der Waals surface area contributed by atoms with Crippen molar-refractivity contribution in [3.05, 3.63) is 24.0 Å². The summed E-state index contributed by atoms with van der Waals surface area (Å²) in [4.78, 5) is 16.7. The van der Waals surface area contributed by atoms with Gasteiger partial charge in [-0.15, -0.1) is 0 Å². The van der Waals surface area contributed by atoms with Crippen molar-refractivity contribution in [1.29, 1.82) is 0 Å². The SMILES string of the molecule is CN(CC1(CN)CC1)C(=O)Cc1ccc[nH]1. The van der Waals surface area contributed by atoms with Crippen LogP contribution in [0.4, 0.5) is 0 Å². The maximum absolute atomic E-state index is 11.9. The first-order valence-corrected chi connectivity index (χ1v) is 5.71. The first kappa shape index (κ1) is 11.2. The topological polar surface area (TPSA) is 62.1 Å². The Morgan fingerprint density at radius 1 is 1.62 bits per heavy atom. The van der Waals surface area contributed by atoms with Crippen molar-refractivity contribution in [3.8, 4) is 0 Å². The smallest absolute Gasteiger partial charge is 0.228 e. The van der Waals surface area contributed by atoms with E-state index in [2.05, 4.69) is 4.98 Å². The fourth-order valence-electron chi connectivity index (χ4n) is 1.97. The highest BCUT2D eigenvalue weighted by molar-refractivity contribution is 5.78. The van der Waals surface area contributed by atoms with E-state index in [-0.39, 0.29) is 11.3 Å². The number of nitrogens with zero attached hydrogens (tertiary/aromatic N) is 1. The molecule has 1 aliphatic carbocycles. The molecule has 1 saturated carbocycles. The van der Waals surface area contributed by atoms with Crippen LogP contribution in [0.25, 0.3) is 0 Å². The quantitative estimate of drug-likeness (QED) is 0.771. The number of carbonyl (C=O) groups excluding carboxylic acids is 1. The van der Waals surface area contributed by atoms with Gasteiger partial charge < -0.3 is 15.6 Å². The van der Waals surface area contributed by atoms with Gasteiger partial charge in [-0.1, -0.05) is 0 Å². The van der Waals surface area contributed by atoms with Crippen LogP contribution < -0.4 is 5.73 Å². The minimum absolute atomic E-state index is 0.155. The molecule has 0 spiro atoms. The molecule has 1 heterocycles. The molecule has 16 heavy (non-hydrogen) atoms. The number of H-pyrrole nitrogens is 1. The molecule has 0 radical (unpaired) electrons. The number of hydrogen-bond donors (Lipinski definition) is 2. The largest absolute Gasteiger partial charge is 0.365 e. The molecule has 3 N–H and O–H groups in total. The number of nitrogens with two attached hydrogens (primary N) is 1. The fourth-order valence-corrected chi connectivity index (χ4v) is 1.97. The highest BCUT2D eigenvalue weighted by atomic mass is 16.2. The molecule has 2 rings (SSSR count). The monoisotopic (exact) mass is 221 g/mol. The summed E-state index contributed by atoms with van der Waals surface area (Å²) in [5.41, 5.74) is 6.90. The van der Waals surface area contributed by atoms with Crippen LogP contribution in [0.5, 0.6) is 0 Å². The molecule has 4 heteroatoms. The van der Waals surface area contributed by atoms with Crippen LogP contribution in [0.1, 0.15) is 18.5 Å². The van der Waals surface area contributed by atoms with E-state index >= 15 is 0 Å². The van der Waals surface area contributed by atoms with Crippen LogP contribution >= 0.6 is 0 Å². The van der Waals surface area contributed by atoms with Crippen LogP contribution in [-0.2, 0) is 11.2 Å². The van der Waals surface area contributed by atoms with Crippen molar-refractivity contribution >= 4 is 5.91 Å². The van der Waals surface area contributed by atoms with E-state index in [4.69, 9.17) is 5.73 Å². The van der Waals surface area contributed by atoms with Crippen molar-refractivity contribution in [2.75, 3.05) is 20.1 Å². The summed E-state index contributed by atoms with van der Waals surface area (Å²) in [6.07, 6.45) is 4.60. The third-order valence-corrected chi connectivity index (χ3v) is 3.39. The zero-order valence-electron chi connectivity index (χ0n) is 9.70. The molecule has 0 bridgehead atoms. The van der Waals surface area contributed by atoms with Gasteiger partial charge in [0.1, 0.15) is 0 Å². The summed E-state index contributed by atoms with van der Waals surface area (Å²) in [7, 11) is 1.86. The van der Waals surface area contributed by atoms with Gasteiger partial charge in [0.15, 0.2) is 0 Å². The molecular weight excluding hydrogens is 202 g/mol. The van der Waals surface area contributed by atoms with Gasteiger partial charge in [0.2, 0.25) is 5.91 Å². The van der Waals surface area contributed by atoms with Crippen molar-refractivity contribution in [1.82, 2.24) is 9.88 Å². The summed E-state index contributed by atoms with van der Waals surface area (Å²) < 4.78 is 0. The van der Waals surface area contributed by atoms with Gasteiger partial charge in [-0.25, -0.2) is 0 Å². The molecule has 1 aliphatic rings. The second-order valence-corrected chi connectivity index (χ2v) is 4.83. The predicted octanol–water partition coefficient (Wildman–Crippen LogP) is 0.754. The third kappa shape index (κ3) is 2.44. The number of likely N-dealkylation sites (N-methyl/N-ethyl adjacent to an activating group) is 1. The first-order valence-electron chi connectivity index (χ1n) is 5.71. The Balaban J connectivity index is 1.85. The highest BCUT2D eigenvalue weighted by Gasteiger charge is 2.42. The number of amides is 1. The molecule has 0 atom stereocenters. The van der Waals surface area contributed by atoms with E-state index < -0.39 is 0 Å². The van der Waals surface area contributed by atoms with Crippen molar-refractivity contribution in [2.24, 2.45) is 11.1 Å². The van der Waals surface area contributed by atoms with Crippen LogP contribution in [0.2, 0.25) is 0 Å². The molecule has 1 aromatic rings. The maximum atomic E-state index is 11.9. The lowest BCUT2D eigenvalue weighted by Crippen LogP contribution is -2.36. The number of nitrogens with one attached hydrogen (secondary N) is 1. The van der Waals surface area contributed by atoms with Gasteiger partial charge in [-0.3, -0.25) is 4.79 Å². The number of hydrogen-bond acceptors (Lipinski definition) is 2. The van der Waals surface area contributed by atoms with Crippen molar-refractivity contribution in [2.45, 2.75) is 19.3 Å². The molecule has 0 saturated heterocycles. The molecule has 0 aliphatic heterocycles. The van der Waals surface area contributed by atoms with E-state index in [0.717, 1.165) is 25.1 Å². The summed E-state index contributed by atoms with van der Waals surface area (Å²) >= 11 is 0. The Morgan fingerprint density at radius 2 is 2.38 bits per heavy atom. The third-order valence-electron chi connectivity index (χ3n) is 3.39. The number of aromatic amines is 1. The highest BCUT2D eigenvalue weighted by Crippen LogP contribution is 2.44. The van der Waals surface area contributed by atoms with Crippen molar-refractivity contribution < 1.29 is 4.79 Å². The lowest BCUT2D eigenvalue weighted by Gasteiger charge is -2.22. The second-order valence-electron chi connectivity index (χ2n) is 4.83. The first-order chi connectivity index (χ1) is 7.65. The Kier molecular flexibility index (Phi) is 3.01. The van der Waals surface area contributed by atoms with Gasteiger partial charge >= 0.3 is 0 Å². The average molecular weight is 221 g/mol. The van der Waals surface area contributed by atoms with Gasteiger partial charge in [0, 0.05) is 30.9 Å². The van der Waals surface area contributed by atoms with Crippen molar-refractivity contribution in [3.63, 3.8) is 0 Å². The second kappa shape index (κ2) is 4.29. The fraction of sp³-hybridized carbons (Fsp3) is 0.583. The maximum Gasteiger partial charge on any atom is 0.228 e. The number of aromatic nitrogens is 1. The summed E-state index contributed by atoms with van der Waals surface area (Å²) in [5, 5.41) is 0. The van der Waals surface area contributed by atoms with Crippen LogP contribution in [0.3, 0.4) is 0 Å².